The molecule has 1 aliphatic heterocycles. The molecule has 1 aromatic heterocycles. The molecule has 0 saturated heterocycles. The van der Waals surface area contributed by atoms with E-state index < -0.39 is 0 Å². The van der Waals surface area contributed by atoms with Gasteiger partial charge in [-0.1, -0.05) is 32.4 Å². The van der Waals surface area contributed by atoms with Gasteiger partial charge >= 0.3 is 0 Å². The van der Waals surface area contributed by atoms with E-state index in [2.05, 4.69) is 24.3 Å². The number of aromatic amines is 1. The number of fused-ring (bicyclic) bond motifs is 1. The standard InChI is InChI=1S/C20H27N3O3S/c1-4-6-11-26-15-9-7-14(8-10-15)18-17-19(21-16(24)12-27-18)23(13(3)5-2)22-20(17)25/h7-10,13,18H,4-6,11-12H2,1-3H3,(H,21,24)(H,22,25)/t13-,18-/m1/s1. The van der Waals surface area contributed by atoms with Crippen LogP contribution in [0.25, 0.3) is 0 Å². The molecule has 0 fully saturated rings. The molecular formula is C20H27N3O3S. The van der Waals surface area contributed by atoms with Crippen molar-refractivity contribution in [2.75, 3.05) is 17.7 Å². The highest BCUT2D eigenvalue weighted by molar-refractivity contribution is 8.00. The zero-order valence-corrected chi connectivity index (χ0v) is 16.9. The molecule has 6 nitrogen and oxygen atoms in total. The van der Waals surface area contributed by atoms with Crippen molar-refractivity contribution in [2.45, 2.75) is 51.3 Å². The number of unbranched alkanes of at least 4 members (excludes halogenated alkanes) is 1. The van der Waals surface area contributed by atoms with Gasteiger partial charge < -0.3 is 10.1 Å². The van der Waals surface area contributed by atoms with Crippen molar-refractivity contribution < 1.29 is 9.53 Å². The van der Waals surface area contributed by atoms with Crippen molar-refractivity contribution in [3.63, 3.8) is 0 Å². The first kappa shape index (κ1) is 19.6. The molecule has 2 heterocycles. The van der Waals surface area contributed by atoms with Gasteiger partial charge in [-0.3, -0.25) is 19.4 Å². The van der Waals surface area contributed by atoms with Gasteiger partial charge in [0.2, 0.25) is 5.91 Å². The highest BCUT2D eigenvalue weighted by Gasteiger charge is 2.31. The predicted molar refractivity (Wildman–Crippen MR) is 110 cm³/mol. The smallest absolute Gasteiger partial charge is 0.270 e. The lowest BCUT2D eigenvalue weighted by molar-refractivity contribution is -0.113. The van der Waals surface area contributed by atoms with Crippen molar-refractivity contribution in [3.05, 3.63) is 45.7 Å². The zero-order chi connectivity index (χ0) is 19.4. The molecule has 0 saturated carbocycles. The Morgan fingerprint density at radius 3 is 2.67 bits per heavy atom. The van der Waals surface area contributed by atoms with Crippen molar-refractivity contribution >= 4 is 23.5 Å². The van der Waals surface area contributed by atoms with Gasteiger partial charge in [0.25, 0.3) is 5.56 Å². The number of ether oxygens (including phenoxy) is 1. The van der Waals surface area contributed by atoms with E-state index >= 15 is 0 Å². The van der Waals surface area contributed by atoms with Crippen LogP contribution in [0.1, 0.15) is 62.5 Å². The molecule has 3 rings (SSSR count). The summed E-state index contributed by atoms with van der Waals surface area (Å²) in [5.74, 6) is 1.65. The largest absolute Gasteiger partial charge is 0.494 e. The number of carbonyl (C=O) groups excluding carboxylic acids is 1. The van der Waals surface area contributed by atoms with E-state index in [4.69, 9.17) is 4.74 Å². The first-order valence-electron chi connectivity index (χ1n) is 9.53. The van der Waals surface area contributed by atoms with Gasteiger partial charge in [-0.2, -0.15) is 0 Å². The summed E-state index contributed by atoms with van der Waals surface area (Å²) in [6, 6.07) is 7.94. The zero-order valence-electron chi connectivity index (χ0n) is 16.1. The summed E-state index contributed by atoms with van der Waals surface area (Å²) in [6.07, 6.45) is 2.97. The number of hydrogen-bond donors (Lipinski definition) is 2. The third kappa shape index (κ3) is 4.24. The minimum Gasteiger partial charge on any atom is -0.494 e. The van der Waals surface area contributed by atoms with Crippen LogP contribution in [0.5, 0.6) is 5.75 Å². The first-order valence-corrected chi connectivity index (χ1v) is 10.6. The molecule has 27 heavy (non-hydrogen) atoms. The predicted octanol–water partition coefficient (Wildman–Crippen LogP) is 4.10. The van der Waals surface area contributed by atoms with Crippen LogP contribution in [0.3, 0.4) is 0 Å². The fourth-order valence-electron chi connectivity index (χ4n) is 3.09. The van der Waals surface area contributed by atoms with Crippen LogP contribution >= 0.6 is 11.8 Å². The lowest BCUT2D eigenvalue weighted by Gasteiger charge is -2.16. The Balaban J connectivity index is 1.94. The fraction of sp³-hybridized carbons (Fsp3) is 0.500. The van der Waals surface area contributed by atoms with Gasteiger partial charge in [-0.05, 0) is 37.5 Å². The van der Waals surface area contributed by atoms with Gasteiger partial charge in [0.15, 0.2) is 0 Å². The molecular weight excluding hydrogens is 362 g/mol. The number of benzene rings is 1. The van der Waals surface area contributed by atoms with E-state index in [-0.39, 0.29) is 22.8 Å². The van der Waals surface area contributed by atoms with Crippen LogP contribution in [-0.2, 0) is 4.79 Å². The van der Waals surface area contributed by atoms with Crippen molar-refractivity contribution in [1.29, 1.82) is 0 Å². The molecule has 2 aromatic rings. The Kier molecular flexibility index (Phi) is 6.31. The van der Waals surface area contributed by atoms with Gasteiger partial charge in [0, 0.05) is 6.04 Å². The summed E-state index contributed by atoms with van der Waals surface area (Å²) in [5.41, 5.74) is 1.46. The average Bonchev–Trinajstić information content (AvgIpc) is 2.88. The van der Waals surface area contributed by atoms with E-state index in [1.54, 1.807) is 4.68 Å². The third-order valence-electron chi connectivity index (χ3n) is 4.84. The first-order chi connectivity index (χ1) is 13.0. The molecule has 0 bridgehead atoms. The van der Waals surface area contributed by atoms with Gasteiger partial charge in [0.05, 0.1) is 23.2 Å². The van der Waals surface area contributed by atoms with Gasteiger partial charge in [-0.15, -0.1) is 11.8 Å². The van der Waals surface area contributed by atoms with Crippen molar-refractivity contribution in [1.82, 2.24) is 9.78 Å². The van der Waals surface area contributed by atoms with Crippen LogP contribution in [0, 0.1) is 0 Å². The van der Waals surface area contributed by atoms with Gasteiger partial charge in [-0.25, -0.2) is 0 Å². The average molecular weight is 390 g/mol. The third-order valence-corrected chi connectivity index (χ3v) is 6.11. The summed E-state index contributed by atoms with van der Waals surface area (Å²) in [6.45, 7) is 6.91. The molecule has 2 N–H and O–H groups in total. The Labute approximate surface area is 163 Å². The number of nitrogens with one attached hydrogen (secondary N) is 2. The van der Waals surface area contributed by atoms with Gasteiger partial charge in [0.1, 0.15) is 11.6 Å². The summed E-state index contributed by atoms with van der Waals surface area (Å²) in [5, 5.41) is 5.63. The number of aromatic nitrogens is 2. The number of nitrogens with zero attached hydrogens (tertiary/aromatic N) is 1. The highest BCUT2D eigenvalue weighted by Crippen LogP contribution is 2.40. The lowest BCUT2D eigenvalue weighted by atomic mass is 10.1. The molecule has 1 aromatic carbocycles. The van der Waals surface area contributed by atoms with Crippen LogP contribution in [0.15, 0.2) is 29.1 Å². The van der Waals surface area contributed by atoms with Crippen LogP contribution in [0.4, 0.5) is 5.82 Å². The quantitative estimate of drug-likeness (QED) is 0.699. The maximum atomic E-state index is 12.7. The molecule has 146 valence electrons. The second-order valence-corrected chi connectivity index (χ2v) is 7.93. The van der Waals surface area contributed by atoms with Crippen molar-refractivity contribution in [3.8, 4) is 5.75 Å². The maximum Gasteiger partial charge on any atom is 0.270 e. The van der Waals surface area contributed by atoms with E-state index in [1.165, 1.54) is 11.8 Å². The molecule has 1 amide bonds. The molecule has 1 aliphatic rings. The van der Waals surface area contributed by atoms with Crippen molar-refractivity contribution in [2.24, 2.45) is 0 Å². The molecule has 0 unspecified atom stereocenters. The molecule has 0 spiro atoms. The second kappa shape index (κ2) is 8.69. The fourth-order valence-corrected chi connectivity index (χ4v) is 4.22. The normalized spacial score (nSPS) is 17.7. The SMILES string of the molecule is CCCCOc1ccc([C@H]2SCC(=O)Nc3c2c(=O)[nH]n3[C@H](C)CC)cc1. The van der Waals surface area contributed by atoms with Crippen LogP contribution < -0.4 is 15.6 Å². The number of anilines is 1. The Hall–Kier alpha value is -2.15. The van der Waals surface area contributed by atoms with Crippen LogP contribution in [0.2, 0.25) is 0 Å². The van der Waals surface area contributed by atoms with E-state index in [0.29, 0.717) is 23.7 Å². The maximum absolute atomic E-state index is 12.7. The van der Waals surface area contributed by atoms with E-state index in [0.717, 1.165) is 30.6 Å². The number of rotatable bonds is 7. The topological polar surface area (TPSA) is 76.1 Å². The minimum atomic E-state index is -0.197. The highest BCUT2D eigenvalue weighted by atomic mass is 32.2. The van der Waals surface area contributed by atoms with E-state index in [9.17, 15) is 9.59 Å². The number of amides is 1. The van der Waals surface area contributed by atoms with E-state index in [1.807, 2.05) is 31.2 Å². The molecule has 0 radical (unpaired) electrons. The number of carbonyl (C=O) groups is 1. The molecule has 7 heteroatoms. The van der Waals surface area contributed by atoms with Crippen LogP contribution in [-0.4, -0.2) is 28.0 Å². The second-order valence-electron chi connectivity index (χ2n) is 6.84. The number of H-pyrrole nitrogens is 1. The minimum absolute atomic E-state index is 0.0840. The summed E-state index contributed by atoms with van der Waals surface area (Å²) in [7, 11) is 0. The number of thioether (sulfide) groups is 1. The summed E-state index contributed by atoms with van der Waals surface area (Å²) >= 11 is 1.48. The number of hydrogen-bond acceptors (Lipinski definition) is 4. The lowest BCUT2D eigenvalue weighted by Crippen LogP contribution is -2.18. The summed E-state index contributed by atoms with van der Waals surface area (Å²) in [4.78, 5) is 24.9. The molecule has 0 aliphatic carbocycles. The Morgan fingerprint density at radius 1 is 1.26 bits per heavy atom. The Morgan fingerprint density at radius 2 is 2.00 bits per heavy atom. The molecule has 2 atom stereocenters. The Bertz CT molecular complexity index is 841. The monoisotopic (exact) mass is 389 g/mol. The summed E-state index contributed by atoms with van der Waals surface area (Å²) < 4.78 is 7.52.